The lowest BCUT2D eigenvalue weighted by molar-refractivity contribution is 0.199. The molecule has 2 N–H and O–H groups in total. The molecule has 0 saturated carbocycles. The summed E-state index contributed by atoms with van der Waals surface area (Å²) in [5.41, 5.74) is 7.05. The van der Waals surface area contributed by atoms with Gasteiger partial charge in [0.15, 0.2) is 0 Å². The largest absolute Gasteiger partial charge is 0.440 e. The molecular formula is C14H20ClN3OS. The number of aryl methyl sites for hydroxylation is 1. The number of aromatic nitrogens is 1. The summed E-state index contributed by atoms with van der Waals surface area (Å²) in [6.45, 7) is 4.90. The summed E-state index contributed by atoms with van der Waals surface area (Å²) >= 11 is 1.65. The van der Waals surface area contributed by atoms with Crippen molar-refractivity contribution < 1.29 is 4.42 Å². The Bertz CT molecular complexity index is 541. The second-order valence-corrected chi connectivity index (χ2v) is 6.08. The van der Waals surface area contributed by atoms with E-state index in [2.05, 4.69) is 9.88 Å². The highest BCUT2D eigenvalue weighted by molar-refractivity contribution is 7.13. The third-order valence-electron chi connectivity index (χ3n) is 3.54. The third-order valence-corrected chi connectivity index (χ3v) is 4.40. The zero-order valence-electron chi connectivity index (χ0n) is 11.5. The Morgan fingerprint density at radius 1 is 1.55 bits per heavy atom. The van der Waals surface area contributed by atoms with Crippen LogP contribution in [0.4, 0.5) is 0 Å². The number of halogens is 1. The van der Waals surface area contributed by atoms with Crippen molar-refractivity contribution >= 4 is 23.7 Å². The molecule has 4 nitrogen and oxygen atoms in total. The molecule has 0 aliphatic carbocycles. The average molecular weight is 314 g/mol. The Morgan fingerprint density at radius 2 is 2.40 bits per heavy atom. The molecule has 20 heavy (non-hydrogen) atoms. The number of hydrogen-bond acceptors (Lipinski definition) is 5. The number of likely N-dealkylation sites (tertiary alicyclic amines) is 1. The Kier molecular flexibility index (Phi) is 5.21. The predicted molar refractivity (Wildman–Crippen MR) is 84.3 cm³/mol. The van der Waals surface area contributed by atoms with Gasteiger partial charge in [-0.1, -0.05) is 6.07 Å². The van der Waals surface area contributed by atoms with Crippen LogP contribution in [0.3, 0.4) is 0 Å². The van der Waals surface area contributed by atoms with Crippen molar-refractivity contribution in [2.24, 2.45) is 5.73 Å². The zero-order chi connectivity index (χ0) is 13.2. The fourth-order valence-corrected chi connectivity index (χ4v) is 3.18. The number of thiophene rings is 1. The topological polar surface area (TPSA) is 55.3 Å². The predicted octanol–water partition coefficient (Wildman–Crippen LogP) is 3.06. The molecule has 2 aromatic heterocycles. The average Bonchev–Trinajstić information content (AvgIpc) is 3.00. The third kappa shape index (κ3) is 3.41. The monoisotopic (exact) mass is 313 g/mol. The van der Waals surface area contributed by atoms with Gasteiger partial charge in [0.05, 0.1) is 10.6 Å². The van der Waals surface area contributed by atoms with Crippen LogP contribution in [0.15, 0.2) is 21.9 Å². The molecule has 1 aliphatic rings. The number of hydrogen-bond donors (Lipinski definition) is 1. The molecule has 1 fully saturated rings. The highest BCUT2D eigenvalue weighted by atomic mass is 35.5. The van der Waals surface area contributed by atoms with Crippen molar-refractivity contribution in [1.82, 2.24) is 9.88 Å². The molecule has 1 aliphatic heterocycles. The van der Waals surface area contributed by atoms with E-state index in [0.29, 0.717) is 6.04 Å². The lowest BCUT2D eigenvalue weighted by Crippen LogP contribution is -2.42. The normalized spacial score (nSPS) is 19.8. The number of nitrogens with zero attached hydrogens (tertiary/aromatic N) is 2. The molecule has 1 atom stereocenters. The fourth-order valence-electron chi connectivity index (χ4n) is 2.53. The van der Waals surface area contributed by atoms with E-state index in [0.717, 1.165) is 48.3 Å². The van der Waals surface area contributed by atoms with Crippen molar-refractivity contribution in [3.8, 4) is 10.8 Å². The highest BCUT2D eigenvalue weighted by Crippen LogP contribution is 2.26. The molecule has 0 aromatic carbocycles. The van der Waals surface area contributed by atoms with E-state index in [4.69, 9.17) is 10.2 Å². The lowest BCUT2D eigenvalue weighted by atomic mass is 10.1. The van der Waals surface area contributed by atoms with Crippen LogP contribution in [0.25, 0.3) is 10.8 Å². The van der Waals surface area contributed by atoms with Crippen LogP contribution in [0.5, 0.6) is 0 Å². The van der Waals surface area contributed by atoms with Crippen LogP contribution >= 0.6 is 23.7 Å². The quantitative estimate of drug-likeness (QED) is 0.946. The molecule has 1 saturated heterocycles. The SMILES string of the molecule is Cc1oc(-c2cccs2)nc1CN1CCCC(N)C1.Cl. The Hall–Kier alpha value is -0.880. The van der Waals surface area contributed by atoms with E-state index >= 15 is 0 Å². The summed E-state index contributed by atoms with van der Waals surface area (Å²) in [5.74, 6) is 1.66. The molecule has 3 rings (SSSR count). The first-order valence-corrected chi connectivity index (χ1v) is 7.58. The van der Waals surface area contributed by atoms with Crippen LogP contribution in [-0.2, 0) is 6.54 Å². The Morgan fingerprint density at radius 3 is 3.10 bits per heavy atom. The minimum atomic E-state index is 0. The summed E-state index contributed by atoms with van der Waals surface area (Å²) in [4.78, 5) is 8.09. The Balaban J connectivity index is 0.00000147. The molecule has 0 amide bonds. The first kappa shape index (κ1) is 15.5. The van der Waals surface area contributed by atoms with Gasteiger partial charge in [0.25, 0.3) is 0 Å². The highest BCUT2D eigenvalue weighted by Gasteiger charge is 2.20. The van der Waals surface area contributed by atoms with Gasteiger partial charge in [-0.05, 0) is 37.8 Å². The van der Waals surface area contributed by atoms with E-state index in [1.807, 2.05) is 24.4 Å². The van der Waals surface area contributed by atoms with Gasteiger partial charge in [-0.25, -0.2) is 4.98 Å². The van der Waals surface area contributed by atoms with Crippen molar-refractivity contribution in [2.75, 3.05) is 13.1 Å². The maximum absolute atomic E-state index is 6.02. The molecule has 110 valence electrons. The van der Waals surface area contributed by atoms with Crippen molar-refractivity contribution in [2.45, 2.75) is 32.4 Å². The summed E-state index contributed by atoms with van der Waals surface area (Å²) < 4.78 is 5.77. The van der Waals surface area contributed by atoms with Crippen molar-refractivity contribution in [3.63, 3.8) is 0 Å². The number of rotatable bonds is 3. The van der Waals surface area contributed by atoms with E-state index < -0.39 is 0 Å². The summed E-state index contributed by atoms with van der Waals surface area (Å²) in [6, 6.07) is 4.36. The Labute approximate surface area is 129 Å². The van der Waals surface area contributed by atoms with Gasteiger partial charge in [-0.15, -0.1) is 23.7 Å². The van der Waals surface area contributed by atoms with Crippen LogP contribution in [0, 0.1) is 6.92 Å². The minimum absolute atomic E-state index is 0. The van der Waals surface area contributed by atoms with Crippen LogP contribution in [0.1, 0.15) is 24.3 Å². The zero-order valence-corrected chi connectivity index (χ0v) is 13.2. The molecule has 0 radical (unpaired) electrons. The second-order valence-electron chi connectivity index (χ2n) is 5.14. The van der Waals surface area contributed by atoms with E-state index in [1.165, 1.54) is 6.42 Å². The first-order valence-electron chi connectivity index (χ1n) is 6.70. The number of nitrogens with two attached hydrogens (primary N) is 1. The van der Waals surface area contributed by atoms with Gasteiger partial charge in [-0.2, -0.15) is 0 Å². The minimum Gasteiger partial charge on any atom is -0.440 e. The van der Waals surface area contributed by atoms with Gasteiger partial charge < -0.3 is 10.2 Å². The van der Waals surface area contributed by atoms with Crippen LogP contribution < -0.4 is 5.73 Å². The summed E-state index contributed by atoms with van der Waals surface area (Å²) in [7, 11) is 0. The van der Waals surface area contributed by atoms with Gasteiger partial charge in [0.2, 0.25) is 5.89 Å². The summed E-state index contributed by atoms with van der Waals surface area (Å²) in [6.07, 6.45) is 2.31. The molecule has 2 aromatic rings. The molecule has 1 unspecified atom stereocenters. The first-order chi connectivity index (χ1) is 9.22. The fraction of sp³-hybridized carbons (Fsp3) is 0.500. The molecule has 3 heterocycles. The van der Waals surface area contributed by atoms with Crippen LogP contribution in [0.2, 0.25) is 0 Å². The van der Waals surface area contributed by atoms with Crippen molar-refractivity contribution in [1.29, 1.82) is 0 Å². The second kappa shape index (κ2) is 6.72. The van der Waals surface area contributed by atoms with E-state index in [9.17, 15) is 0 Å². The van der Waals surface area contributed by atoms with Gasteiger partial charge in [0, 0.05) is 19.1 Å². The molecular weight excluding hydrogens is 294 g/mol. The smallest absolute Gasteiger partial charge is 0.236 e. The molecule has 6 heteroatoms. The lowest BCUT2D eigenvalue weighted by Gasteiger charge is -2.29. The van der Waals surface area contributed by atoms with Crippen molar-refractivity contribution in [3.05, 3.63) is 29.0 Å². The van der Waals surface area contributed by atoms with E-state index in [-0.39, 0.29) is 12.4 Å². The van der Waals surface area contributed by atoms with E-state index in [1.54, 1.807) is 11.3 Å². The van der Waals surface area contributed by atoms with Gasteiger partial charge in [0.1, 0.15) is 5.76 Å². The standard InChI is InChI=1S/C14H19N3OS.ClH/c1-10-12(9-17-6-2-4-11(15)8-17)16-14(18-10)13-5-3-7-19-13;/h3,5,7,11H,2,4,6,8-9,15H2,1H3;1H. The molecule has 0 spiro atoms. The molecule has 0 bridgehead atoms. The van der Waals surface area contributed by atoms with Crippen LogP contribution in [-0.4, -0.2) is 29.0 Å². The summed E-state index contributed by atoms with van der Waals surface area (Å²) in [5, 5.41) is 2.04. The number of piperidine rings is 1. The maximum atomic E-state index is 6.02. The van der Waals surface area contributed by atoms with Gasteiger partial charge >= 0.3 is 0 Å². The number of oxazole rings is 1. The van der Waals surface area contributed by atoms with Gasteiger partial charge in [-0.3, -0.25) is 4.90 Å². The maximum Gasteiger partial charge on any atom is 0.236 e.